The van der Waals surface area contributed by atoms with Crippen LogP contribution in [0.5, 0.6) is 5.75 Å². The van der Waals surface area contributed by atoms with Crippen LogP contribution in [-0.2, 0) is 0 Å². The number of nitro groups is 1. The predicted molar refractivity (Wildman–Crippen MR) is 75.0 cm³/mol. The lowest BCUT2D eigenvalue weighted by molar-refractivity contribution is -0.388. The summed E-state index contributed by atoms with van der Waals surface area (Å²) in [6, 6.07) is 7.65. The molecule has 0 radical (unpaired) electrons. The van der Waals surface area contributed by atoms with Gasteiger partial charge >= 0.3 is 11.7 Å². The second-order valence-electron chi connectivity index (χ2n) is 3.85. The van der Waals surface area contributed by atoms with Crippen molar-refractivity contribution < 1.29 is 19.6 Å². The minimum absolute atomic E-state index is 0.120. The molecular weight excluding hydrogens is 296 g/mol. The number of pyridine rings is 1. The maximum absolute atomic E-state index is 11.2. The Hall–Kier alpha value is -2.61. The van der Waals surface area contributed by atoms with Crippen LogP contribution in [0.2, 0.25) is 0 Å². The lowest BCUT2D eigenvalue weighted by atomic mass is 10.3. The normalized spacial score (nSPS) is 10.1. The van der Waals surface area contributed by atoms with Gasteiger partial charge in [-0.15, -0.1) is 0 Å². The highest BCUT2D eigenvalue weighted by Gasteiger charge is 2.21. The molecule has 2 aromatic rings. The molecule has 108 valence electrons. The van der Waals surface area contributed by atoms with Crippen molar-refractivity contribution in [3.05, 3.63) is 52.3 Å². The summed E-state index contributed by atoms with van der Waals surface area (Å²) in [6.07, 6.45) is 1.35. The number of carboxylic acids is 1. The maximum atomic E-state index is 11.2. The molecule has 0 aliphatic rings. The number of carboxylic acid groups (broad SMARTS) is 1. The summed E-state index contributed by atoms with van der Waals surface area (Å²) in [5, 5.41) is 20.1. The van der Waals surface area contributed by atoms with Gasteiger partial charge in [0.1, 0.15) is 5.69 Å². The molecule has 0 aliphatic carbocycles. The molecule has 8 heteroatoms. The molecule has 21 heavy (non-hydrogen) atoms. The first-order valence-electron chi connectivity index (χ1n) is 5.71. The van der Waals surface area contributed by atoms with E-state index in [1.54, 1.807) is 18.2 Å². The molecule has 7 nitrogen and oxygen atoms in total. The van der Waals surface area contributed by atoms with Crippen LogP contribution in [0.25, 0.3) is 0 Å². The number of aromatic nitrogens is 1. The molecule has 0 unspecified atom stereocenters. The summed E-state index contributed by atoms with van der Waals surface area (Å²) in [5.41, 5.74) is -0.274. The first-order chi connectivity index (χ1) is 10.0. The molecule has 0 aliphatic heterocycles. The van der Waals surface area contributed by atoms with E-state index in [0.29, 0.717) is 9.79 Å². The van der Waals surface area contributed by atoms with Crippen LogP contribution in [-0.4, -0.2) is 28.1 Å². The van der Waals surface area contributed by atoms with E-state index in [1.165, 1.54) is 25.4 Å². The van der Waals surface area contributed by atoms with Crippen molar-refractivity contribution in [3.8, 4) is 5.75 Å². The largest absolute Gasteiger partial charge is 0.490 e. The highest BCUT2D eigenvalue weighted by Crippen LogP contribution is 2.40. The molecular formula is C13H10N2O5S. The van der Waals surface area contributed by atoms with E-state index >= 15 is 0 Å². The standard InChI is InChI=1S/C13H10N2O5S/c1-20-10-3-2-4-11(12(10)15(18)19)21-8-5-6-14-9(7-8)13(16)17/h2-7H,1H3,(H,16,17). The van der Waals surface area contributed by atoms with Crippen molar-refractivity contribution in [2.45, 2.75) is 9.79 Å². The lowest BCUT2D eigenvalue weighted by Crippen LogP contribution is -1.99. The van der Waals surface area contributed by atoms with E-state index in [-0.39, 0.29) is 17.1 Å². The van der Waals surface area contributed by atoms with Crippen molar-refractivity contribution in [2.75, 3.05) is 7.11 Å². The smallest absolute Gasteiger partial charge is 0.354 e. The highest BCUT2D eigenvalue weighted by molar-refractivity contribution is 7.99. The Bertz CT molecular complexity index is 705. The number of ether oxygens (including phenoxy) is 1. The summed E-state index contributed by atoms with van der Waals surface area (Å²) in [4.78, 5) is 26.1. The first kappa shape index (κ1) is 14.8. The minimum atomic E-state index is -1.16. The minimum Gasteiger partial charge on any atom is -0.490 e. The summed E-state index contributed by atoms with van der Waals surface area (Å²) in [5.74, 6) is -1.00. The van der Waals surface area contributed by atoms with Gasteiger partial charge in [-0.25, -0.2) is 9.78 Å². The zero-order chi connectivity index (χ0) is 15.4. The van der Waals surface area contributed by atoms with Crippen LogP contribution in [0.1, 0.15) is 10.5 Å². The van der Waals surface area contributed by atoms with Crippen molar-refractivity contribution in [1.82, 2.24) is 4.98 Å². The topological polar surface area (TPSA) is 103 Å². The number of rotatable bonds is 5. The van der Waals surface area contributed by atoms with Crippen LogP contribution in [0, 0.1) is 10.1 Å². The third-order valence-electron chi connectivity index (χ3n) is 2.54. The van der Waals surface area contributed by atoms with Gasteiger partial charge in [-0.1, -0.05) is 17.8 Å². The number of nitro benzene ring substituents is 1. The number of para-hydroxylation sites is 1. The van der Waals surface area contributed by atoms with Crippen molar-refractivity contribution >= 4 is 23.4 Å². The molecule has 1 N–H and O–H groups in total. The summed E-state index contributed by atoms with van der Waals surface area (Å²) in [7, 11) is 1.35. The molecule has 0 atom stereocenters. The van der Waals surface area contributed by atoms with Gasteiger partial charge in [-0.3, -0.25) is 10.1 Å². The molecule has 0 fully saturated rings. The average molecular weight is 306 g/mol. The highest BCUT2D eigenvalue weighted by atomic mass is 32.2. The SMILES string of the molecule is COc1cccc(Sc2ccnc(C(=O)O)c2)c1[N+](=O)[O-]. The zero-order valence-corrected chi connectivity index (χ0v) is 11.7. The average Bonchev–Trinajstić information content (AvgIpc) is 2.46. The second kappa shape index (κ2) is 6.23. The molecule has 0 saturated heterocycles. The molecule has 1 aromatic carbocycles. The predicted octanol–water partition coefficient (Wildman–Crippen LogP) is 2.85. The quantitative estimate of drug-likeness (QED) is 0.669. The molecule has 0 spiro atoms. The third kappa shape index (κ3) is 3.29. The molecule has 1 heterocycles. The Balaban J connectivity index is 2.42. The van der Waals surface area contributed by atoms with Crippen LogP contribution >= 0.6 is 11.8 Å². The molecule has 1 aromatic heterocycles. The van der Waals surface area contributed by atoms with E-state index in [9.17, 15) is 14.9 Å². The fourth-order valence-corrected chi connectivity index (χ4v) is 2.62. The number of methoxy groups -OCH3 is 1. The lowest BCUT2D eigenvalue weighted by Gasteiger charge is -2.07. The number of nitrogens with zero attached hydrogens (tertiary/aromatic N) is 2. The fraction of sp³-hybridized carbons (Fsp3) is 0.0769. The summed E-state index contributed by atoms with van der Waals surface area (Å²) < 4.78 is 4.99. The van der Waals surface area contributed by atoms with E-state index in [1.807, 2.05) is 0 Å². The number of hydrogen-bond acceptors (Lipinski definition) is 6. The van der Waals surface area contributed by atoms with Crippen molar-refractivity contribution in [1.29, 1.82) is 0 Å². The van der Waals surface area contributed by atoms with E-state index in [0.717, 1.165) is 11.8 Å². The Kier molecular flexibility index (Phi) is 4.39. The Morgan fingerprint density at radius 3 is 2.81 bits per heavy atom. The van der Waals surface area contributed by atoms with Gasteiger partial charge in [0.25, 0.3) is 0 Å². The van der Waals surface area contributed by atoms with Gasteiger partial charge in [0, 0.05) is 11.1 Å². The van der Waals surface area contributed by atoms with E-state index in [4.69, 9.17) is 9.84 Å². The monoisotopic (exact) mass is 306 g/mol. The van der Waals surface area contributed by atoms with Gasteiger partial charge in [0.2, 0.25) is 0 Å². The van der Waals surface area contributed by atoms with Crippen LogP contribution in [0.4, 0.5) is 5.69 Å². The van der Waals surface area contributed by atoms with Crippen LogP contribution < -0.4 is 4.74 Å². The first-order valence-corrected chi connectivity index (χ1v) is 6.53. The number of carbonyl (C=O) groups is 1. The Morgan fingerprint density at radius 2 is 2.19 bits per heavy atom. The van der Waals surface area contributed by atoms with Crippen molar-refractivity contribution in [3.63, 3.8) is 0 Å². The Morgan fingerprint density at radius 1 is 1.43 bits per heavy atom. The van der Waals surface area contributed by atoms with Crippen molar-refractivity contribution in [2.24, 2.45) is 0 Å². The fourth-order valence-electron chi connectivity index (χ4n) is 1.65. The van der Waals surface area contributed by atoms with Gasteiger partial charge < -0.3 is 9.84 Å². The Labute approximate surface area is 123 Å². The number of benzene rings is 1. The molecule has 0 saturated carbocycles. The van der Waals surface area contributed by atoms with Gasteiger partial charge in [-0.05, 0) is 24.3 Å². The zero-order valence-electron chi connectivity index (χ0n) is 10.8. The van der Waals surface area contributed by atoms with E-state index in [2.05, 4.69) is 4.98 Å². The third-order valence-corrected chi connectivity index (χ3v) is 3.58. The summed E-state index contributed by atoms with van der Waals surface area (Å²) in [6.45, 7) is 0. The summed E-state index contributed by atoms with van der Waals surface area (Å²) >= 11 is 1.08. The second-order valence-corrected chi connectivity index (χ2v) is 4.96. The molecule has 0 amide bonds. The van der Waals surface area contributed by atoms with Crippen LogP contribution in [0.15, 0.2) is 46.3 Å². The molecule has 2 rings (SSSR count). The number of aromatic carboxylic acids is 1. The van der Waals surface area contributed by atoms with Gasteiger partial charge in [0.15, 0.2) is 5.75 Å². The van der Waals surface area contributed by atoms with Crippen LogP contribution in [0.3, 0.4) is 0 Å². The molecule has 0 bridgehead atoms. The van der Waals surface area contributed by atoms with Gasteiger partial charge in [0.05, 0.1) is 16.9 Å². The van der Waals surface area contributed by atoms with Gasteiger partial charge in [-0.2, -0.15) is 0 Å². The number of hydrogen-bond donors (Lipinski definition) is 1. The van der Waals surface area contributed by atoms with E-state index < -0.39 is 10.9 Å². The maximum Gasteiger partial charge on any atom is 0.354 e.